The van der Waals surface area contributed by atoms with Gasteiger partial charge in [0, 0.05) is 12.1 Å². The highest BCUT2D eigenvalue weighted by Gasteiger charge is 2.26. The number of hydrogen-bond acceptors (Lipinski definition) is 2. The van der Waals surface area contributed by atoms with Gasteiger partial charge in [-0.25, -0.2) is 4.79 Å². The van der Waals surface area contributed by atoms with E-state index in [4.69, 9.17) is 0 Å². The number of hydrogen-bond donors (Lipinski definition) is 0. The summed E-state index contributed by atoms with van der Waals surface area (Å²) in [5.74, 6) is 2.05. The Hall–Kier alpha value is -0.750. The summed E-state index contributed by atoms with van der Waals surface area (Å²) >= 11 is 0. The summed E-state index contributed by atoms with van der Waals surface area (Å²) in [5, 5.41) is 0. The highest BCUT2D eigenvalue weighted by atomic mass is 16.1. The Labute approximate surface area is 74.2 Å². The molecule has 2 nitrogen and oxygen atoms in total. The second kappa shape index (κ2) is 3.32. The maximum Gasteiger partial charge on any atom is 0.145 e. The van der Waals surface area contributed by atoms with E-state index in [-0.39, 0.29) is 5.54 Å². The van der Waals surface area contributed by atoms with Crippen LogP contribution in [0.3, 0.4) is 0 Å². The molecule has 1 rings (SSSR count). The lowest BCUT2D eigenvalue weighted by molar-refractivity contribution is 0.159. The van der Waals surface area contributed by atoms with Crippen LogP contribution < -0.4 is 0 Å². The fraction of sp³-hybridized carbons (Fsp3) is 0.800. The van der Waals surface area contributed by atoms with Gasteiger partial charge in [-0.05, 0) is 40.0 Å². The summed E-state index contributed by atoms with van der Waals surface area (Å²) in [6.07, 6.45) is 3.24. The maximum absolute atomic E-state index is 10.6. The zero-order valence-corrected chi connectivity index (χ0v) is 8.18. The van der Waals surface area contributed by atoms with E-state index in [0.717, 1.165) is 25.1 Å². The van der Waals surface area contributed by atoms with Gasteiger partial charge in [-0.3, -0.25) is 0 Å². The largest absolute Gasteiger partial charge is 0.361 e. The first kappa shape index (κ1) is 9.34. The van der Waals surface area contributed by atoms with Gasteiger partial charge in [0.1, 0.15) is 5.94 Å². The standard InChI is InChI=1S/C10H17NO/c1-10(2,3)11-7-5-4-6-9(11)8-12/h4-7H2,1-3H3. The van der Waals surface area contributed by atoms with Crippen molar-refractivity contribution in [2.75, 3.05) is 6.54 Å². The lowest BCUT2D eigenvalue weighted by Crippen LogP contribution is -2.43. The van der Waals surface area contributed by atoms with Crippen molar-refractivity contribution in [2.24, 2.45) is 0 Å². The van der Waals surface area contributed by atoms with Crippen LogP contribution in [-0.2, 0) is 4.79 Å². The van der Waals surface area contributed by atoms with Crippen LogP contribution >= 0.6 is 0 Å². The Morgan fingerprint density at radius 3 is 2.42 bits per heavy atom. The van der Waals surface area contributed by atoms with Gasteiger partial charge in [-0.2, -0.15) is 0 Å². The molecule has 0 amide bonds. The van der Waals surface area contributed by atoms with Gasteiger partial charge in [0.25, 0.3) is 0 Å². The summed E-state index contributed by atoms with van der Waals surface area (Å²) in [7, 11) is 0. The first-order valence-corrected chi connectivity index (χ1v) is 4.57. The van der Waals surface area contributed by atoms with Crippen LogP contribution in [0, 0.1) is 0 Å². The molecule has 0 aromatic heterocycles. The van der Waals surface area contributed by atoms with Crippen molar-refractivity contribution >= 4 is 5.94 Å². The van der Waals surface area contributed by atoms with Crippen LogP contribution in [0.25, 0.3) is 0 Å². The topological polar surface area (TPSA) is 20.3 Å². The third-order valence-electron chi connectivity index (χ3n) is 2.30. The minimum absolute atomic E-state index is 0.0766. The summed E-state index contributed by atoms with van der Waals surface area (Å²) in [6.45, 7) is 7.41. The van der Waals surface area contributed by atoms with Crippen LogP contribution in [0.2, 0.25) is 0 Å². The number of likely N-dealkylation sites (tertiary alicyclic amines) is 1. The van der Waals surface area contributed by atoms with Crippen molar-refractivity contribution < 1.29 is 4.79 Å². The highest BCUT2D eigenvalue weighted by Crippen LogP contribution is 2.26. The molecule has 1 saturated heterocycles. The summed E-state index contributed by atoms with van der Waals surface area (Å²) in [5.41, 5.74) is 0.932. The third kappa shape index (κ3) is 1.89. The summed E-state index contributed by atoms with van der Waals surface area (Å²) < 4.78 is 0. The minimum Gasteiger partial charge on any atom is -0.361 e. The predicted octanol–water partition coefficient (Wildman–Crippen LogP) is 1.99. The molecule has 0 aromatic carbocycles. The van der Waals surface area contributed by atoms with E-state index in [9.17, 15) is 4.79 Å². The van der Waals surface area contributed by atoms with Gasteiger partial charge >= 0.3 is 0 Å². The van der Waals surface area contributed by atoms with Crippen LogP contribution in [0.4, 0.5) is 0 Å². The van der Waals surface area contributed by atoms with Gasteiger partial charge in [0.2, 0.25) is 0 Å². The molecular formula is C10H17NO. The van der Waals surface area contributed by atoms with Crippen molar-refractivity contribution in [3.05, 3.63) is 5.70 Å². The van der Waals surface area contributed by atoms with E-state index in [1.54, 1.807) is 0 Å². The van der Waals surface area contributed by atoms with Crippen LogP contribution in [0.5, 0.6) is 0 Å². The van der Waals surface area contributed by atoms with Gasteiger partial charge in [-0.1, -0.05) is 0 Å². The van der Waals surface area contributed by atoms with Crippen LogP contribution in [-0.4, -0.2) is 22.9 Å². The molecule has 1 heterocycles. The van der Waals surface area contributed by atoms with Crippen molar-refractivity contribution in [3.63, 3.8) is 0 Å². The van der Waals surface area contributed by atoms with Crippen molar-refractivity contribution in [1.82, 2.24) is 4.90 Å². The van der Waals surface area contributed by atoms with Crippen molar-refractivity contribution in [1.29, 1.82) is 0 Å². The fourth-order valence-corrected chi connectivity index (χ4v) is 1.68. The maximum atomic E-state index is 10.6. The highest BCUT2D eigenvalue weighted by molar-refractivity contribution is 5.52. The Kier molecular flexibility index (Phi) is 2.58. The van der Waals surface area contributed by atoms with Crippen molar-refractivity contribution in [3.8, 4) is 0 Å². The van der Waals surface area contributed by atoms with Gasteiger partial charge in [0.15, 0.2) is 0 Å². The predicted molar refractivity (Wildman–Crippen MR) is 49.5 cm³/mol. The number of carbonyl (C=O) groups excluding carboxylic acids is 1. The van der Waals surface area contributed by atoms with Gasteiger partial charge in [0.05, 0.1) is 5.70 Å². The van der Waals surface area contributed by atoms with E-state index in [0.29, 0.717) is 0 Å². The molecule has 1 fully saturated rings. The zero-order valence-electron chi connectivity index (χ0n) is 8.18. The molecule has 0 N–H and O–H groups in total. The van der Waals surface area contributed by atoms with E-state index in [2.05, 4.69) is 31.6 Å². The smallest absolute Gasteiger partial charge is 0.145 e. The molecule has 2 heteroatoms. The minimum atomic E-state index is 0.0766. The molecule has 0 unspecified atom stereocenters. The number of allylic oxidation sites excluding steroid dienone is 1. The van der Waals surface area contributed by atoms with Gasteiger partial charge in [-0.15, -0.1) is 0 Å². The van der Waals surface area contributed by atoms with E-state index < -0.39 is 0 Å². The third-order valence-corrected chi connectivity index (χ3v) is 2.30. The average molecular weight is 167 g/mol. The average Bonchev–Trinajstić information content (AvgIpc) is 2.03. The normalized spacial score (nSPS) is 19.2. The second-order valence-electron chi connectivity index (χ2n) is 4.33. The molecule has 0 aliphatic carbocycles. The Bertz CT molecular complexity index is 208. The summed E-state index contributed by atoms with van der Waals surface area (Å²) in [4.78, 5) is 12.8. The Morgan fingerprint density at radius 2 is 2.00 bits per heavy atom. The quantitative estimate of drug-likeness (QED) is 0.514. The molecule has 0 bridgehead atoms. The molecule has 68 valence electrons. The number of nitrogens with zero attached hydrogens (tertiary/aromatic N) is 1. The first-order valence-electron chi connectivity index (χ1n) is 4.57. The Morgan fingerprint density at radius 1 is 1.33 bits per heavy atom. The fourth-order valence-electron chi connectivity index (χ4n) is 1.68. The molecule has 0 saturated carbocycles. The first-order chi connectivity index (χ1) is 5.55. The summed E-state index contributed by atoms with van der Waals surface area (Å²) in [6, 6.07) is 0. The molecule has 1 aliphatic heterocycles. The zero-order chi connectivity index (χ0) is 9.19. The van der Waals surface area contributed by atoms with Crippen LogP contribution in [0.1, 0.15) is 40.0 Å². The van der Waals surface area contributed by atoms with Gasteiger partial charge < -0.3 is 4.90 Å². The molecule has 0 spiro atoms. The molecular weight excluding hydrogens is 150 g/mol. The molecule has 0 atom stereocenters. The Balaban J connectivity index is 2.80. The number of rotatable bonds is 0. The number of piperidine rings is 1. The lowest BCUT2D eigenvalue weighted by atomic mass is 9.99. The van der Waals surface area contributed by atoms with E-state index in [1.807, 2.05) is 0 Å². The van der Waals surface area contributed by atoms with E-state index in [1.165, 1.54) is 6.42 Å². The SMILES string of the molecule is CC(C)(C)N1CCCCC1=C=O. The van der Waals surface area contributed by atoms with Crippen LogP contribution in [0.15, 0.2) is 5.70 Å². The molecule has 1 aliphatic rings. The monoisotopic (exact) mass is 167 g/mol. The van der Waals surface area contributed by atoms with E-state index >= 15 is 0 Å². The van der Waals surface area contributed by atoms with Crippen molar-refractivity contribution in [2.45, 2.75) is 45.6 Å². The molecule has 0 aromatic rings. The lowest BCUT2D eigenvalue weighted by Gasteiger charge is -2.40. The molecule has 12 heavy (non-hydrogen) atoms. The molecule has 0 radical (unpaired) electrons. The second-order valence-corrected chi connectivity index (χ2v) is 4.33.